The summed E-state index contributed by atoms with van der Waals surface area (Å²) in [5.41, 5.74) is 0.553. The molecular formula is C12H16O5S. The quantitative estimate of drug-likeness (QED) is 0.880. The topological polar surface area (TPSA) is 72.8 Å². The number of rotatable bonds is 3. The van der Waals surface area contributed by atoms with Crippen LogP contribution in [-0.4, -0.2) is 39.1 Å². The van der Waals surface area contributed by atoms with Gasteiger partial charge in [-0.1, -0.05) is 0 Å². The van der Waals surface area contributed by atoms with E-state index in [1.54, 1.807) is 13.0 Å². The number of sulfone groups is 1. The highest BCUT2D eigenvalue weighted by Gasteiger charge is 2.21. The van der Waals surface area contributed by atoms with E-state index in [0.29, 0.717) is 30.3 Å². The Labute approximate surface area is 106 Å². The van der Waals surface area contributed by atoms with Crippen molar-refractivity contribution in [1.29, 1.82) is 0 Å². The zero-order valence-electron chi connectivity index (χ0n) is 10.3. The molecule has 0 aliphatic carbocycles. The van der Waals surface area contributed by atoms with E-state index in [9.17, 15) is 13.5 Å². The summed E-state index contributed by atoms with van der Waals surface area (Å²) in [6.07, 6.45) is 0.788. The minimum atomic E-state index is -3.36. The number of aliphatic hydroxyl groups is 1. The van der Waals surface area contributed by atoms with Crippen molar-refractivity contribution >= 4 is 9.84 Å². The summed E-state index contributed by atoms with van der Waals surface area (Å²) in [7, 11) is -3.36. The lowest BCUT2D eigenvalue weighted by Crippen LogP contribution is -2.17. The Morgan fingerprint density at radius 1 is 1.28 bits per heavy atom. The summed E-state index contributed by atoms with van der Waals surface area (Å²) in [4.78, 5) is 0.188. The lowest BCUT2D eigenvalue weighted by Gasteiger charge is -2.21. The van der Waals surface area contributed by atoms with Crippen LogP contribution in [0.15, 0.2) is 17.0 Å². The normalized spacial score (nSPS) is 16.4. The van der Waals surface area contributed by atoms with E-state index < -0.39 is 15.9 Å². The first-order valence-corrected chi connectivity index (χ1v) is 7.57. The van der Waals surface area contributed by atoms with Crippen LogP contribution in [0.2, 0.25) is 0 Å². The van der Waals surface area contributed by atoms with E-state index in [4.69, 9.17) is 9.47 Å². The Kier molecular flexibility index (Phi) is 3.49. The van der Waals surface area contributed by atoms with Crippen molar-refractivity contribution < 1.29 is 23.0 Å². The highest BCUT2D eigenvalue weighted by molar-refractivity contribution is 7.90. The van der Waals surface area contributed by atoms with E-state index in [1.807, 2.05) is 0 Å². The molecule has 0 spiro atoms. The molecule has 1 aliphatic rings. The van der Waals surface area contributed by atoms with Crippen LogP contribution in [0.3, 0.4) is 0 Å². The maximum Gasteiger partial charge on any atom is 0.175 e. The predicted octanol–water partition coefficient (Wildman–Crippen LogP) is 0.785. The van der Waals surface area contributed by atoms with Gasteiger partial charge in [0.25, 0.3) is 0 Å². The molecule has 0 fully saturated rings. The van der Waals surface area contributed by atoms with Crippen molar-refractivity contribution in [2.45, 2.75) is 24.3 Å². The fourth-order valence-electron chi connectivity index (χ4n) is 1.94. The molecule has 1 atom stereocenters. The van der Waals surface area contributed by atoms with Crippen molar-refractivity contribution in [3.63, 3.8) is 0 Å². The third kappa shape index (κ3) is 2.76. The highest BCUT2D eigenvalue weighted by atomic mass is 32.2. The fourth-order valence-corrected chi connectivity index (χ4v) is 2.87. The molecule has 1 aliphatic heterocycles. The minimum Gasteiger partial charge on any atom is -0.486 e. The number of hydrogen-bond donors (Lipinski definition) is 1. The van der Waals surface area contributed by atoms with Crippen LogP contribution in [0, 0.1) is 0 Å². The molecule has 18 heavy (non-hydrogen) atoms. The van der Waals surface area contributed by atoms with Gasteiger partial charge in [-0.2, -0.15) is 0 Å². The molecule has 1 N–H and O–H groups in total. The number of aliphatic hydroxyl groups excluding tert-OH is 1. The van der Waals surface area contributed by atoms with Gasteiger partial charge in [0.15, 0.2) is 21.3 Å². The maximum atomic E-state index is 11.7. The molecule has 100 valence electrons. The average Bonchev–Trinajstić information content (AvgIpc) is 2.26. The van der Waals surface area contributed by atoms with E-state index in [1.165, 1.54) is 6.07 Å². The molecule has 1 aromatic carbocycles. The summed E-state index contributed by atoms with van der Waals surface area (Å²) in [5.74, 6) is 0.973. The molecule has 1 aromatic rings. The van der Waals surface area contributed by atoms with E-state index in [2.05, 4.69) is 0 Å². The molecule has 0 saturated heterocycles. The maximum absolute atomic E-state index is 11.7. The molecule has 0 aromatic heterocycles. The smallest absolute Gasteiger partial charge is 0.175 e. The Hall–Kier alpha value is -1.27. The molecular weight excluding hydrogens is 256 g/mol. The summed E-state index contributed by atoms with van der Waals surface area (Å²) in [6.45, 7) is 2.47. The van der Waals surface area contributed by atoms with Crippen molar-refractivity contribution in [1.82, 2.24) is 0 Å². The lowest BCUT2D eigenvalue weighted by molar-refractivity contribution is 0.169. The van der Waals surface area contributed by atoms with Gasteiger partial charge in [-0.25, -0.2) is 8.42 Å². The first-order valence-electron chi connectivity index (χ1n) is 5.68. The van der Waals surface area contributed by atoms with E-state index in [-0.39, 0.29) is 11.3 Å². The van der Waals surface area contributed by atoms with E-state index >= 15 is 0 Å². The van der Waals surface area contributed by atoms with Gasteiger partial charge in [-0.15, -0.1) is 0 Å². The first-order chi connectivity index (χ1) is 8.38. The Morgan fingerprint density at radius 2 is 1.83 bits per heavy atom. The molecule has 0 radical (unpaired) electrons. The van der Waals surface area contributed by atoms with Crippen molar-refractivity contribution in [3.05, 3.63) is 17.7 Å². The van der Waals surface area contributed by atoms with Crippen LogP contribution in [0.4, 0.5) is 0 Å². The van der Waals surface area contributed by atoms with Crippen LogP contribution in [-0.2, 0) is 16.3 Å². The Balaban J connectivity index is 2.54. The van der Waals surface area contributed by atoms with Gasteiger partial charge in [-0.05, 0) is 25.0 Å². The van der Waals surface area contributed by atoms with Crippen molar-refractivity contribution in [3.8, 4) is 11.5 Å². The number of benzene rings is 1. The summed E-state index contributed by atoms with van der Waals surface area (Å²) < 4.78 is 34.3. The van der Waals surface area contributed by atoms with Gasteiger partial charge in [0.05, 0.1) is 11.0 Å². The van der Waals surface area contributed by atoms with Gasteiger partial charge >= 0.3 is 0 Å². The third-order valence-electron chi connectivity index (χ3n) is 2.64. The minimum absolute atomic E-state index is 0.188. The second-order valence-corrected chi connectivity index (χ2v) is 6.41. The van der Waals surface area contributed by atoms with Crippen LogP contribution < -0.4 is 9.47 Å². The van der Waals surface area contributed by atoms with Gasteiger partial charge in [0.1, 0.15) is 13.2 Å². The molecule has 5 nitrogen and oxygen atoms in total. The number of hydrogen-bond acceptors (Lipinski definition) is 5. The van der Waals surface area contributed by atoms with Gasteiger partial charge in [0.2, 0.25) is 0 Å². The van der Waals surface area contributed by atoms with Gasteiger partial charge < -0.3 is 14.6 Å². The number of fused-ring (bicyclic) bond motifs is 1. The molecule has 0 saturated carbocycles. The summed E-state index contributed by atoms with van der Waals surface area (Å²) >= 11 is 0. The zero-order chi connectivity index (χ0) is 13.3. The second kappa shape index (κ2) is 4.78. The summed E-state index contributed by atoms with van der Waals surface area (Å²) in [6, 6.07) is 3.11. The van der Waals surface area contributed by atoms with Gasteiger partial charge in [0, 0.05) is 12.3 Å². The highest BCUT2D eigenvalue weighted by Crippen LogP contribution is 2.35. The number of ether oxygens (including phenoxy) is 2. The Bertz CT molecular complexity index is 548. The second-order valence-electron chi connectivity index (χ2n) is 4.43. The third-order valence-corrected chi connectivity index (χ3v) is 3.82. The van der Waals surface area contributed by atoms with Crippen LogP contribution in [0.25, 0.3) is 0 Å². The monoisotopic (exact) mass is 272 g/mol. The lowest BCUT2D eigenvalue weighted by atomic mass is 10.1. The predicted molar refractivity (Wildman–Crippen MR) is 65.9 cm³/mol. The molecule has 1 heterocycles. The molecule has 1 unspecified atom stereocenters. The Morgan fingerprint density at radius 3 is 2.33 bits per heavy atom. The molecule has 0 amide bonds. The standard InChI is InChI=1S/C12H16O5S/c1-8(13)5-9-6-10-11(17-4-3-16-10)7-12(9)18(2,14)15/h6-8,13H,3-5H2,1-2H3. The molecule has 6 heteroatoms. The average molecular weight is 272 g/mol. The van der Waals surface area contributed by atoms with Gasteiger partial charge in [-0.3, -0.25) is 0 Å². The SMILES string of the molecule is CC(O)Cc1cc2c(cc1S(C)(=O)=O)OCCO2. The zero-order valence-corrected chi connectivity index (χ0v) is 11.2. The molecule has 0 bridgehead atoms. The van der Waals surface area contributed by atoms with Crippen molar-refractivity contribution in [2.24, 2.45) is 0 Å². The van der Waals surface area contributed by atoms with Crippen LogP contribution in [0.1, 0.15) is 12.5 Å². The van der Waals surface area contributed by atoms with Crippen LogP contribution in [0.5, 0.6) is 11.5 Å². The summed E-state index contributed by atoms with van der Waals surface area (Å²) in [5, 5.41) is 9.43. The van der Waals surface area contributed by atoms with E-state index in [0.717, 1.165) is 6.26 Å². The first kappa shape index (κ1) is 13.2. The molecule has 2 rings (SSSR count). The van der Waals surface area contributed by atoms with Crippen molar-refractivity contribution in [2.75, 3.05) is 19.5 Å². The van der Waals surface area contributed by atoms with Crippen LogP contribution >= 0.6 is 0 Å². The fraction of sp³-hybridized carbons (Fsp3) is 0.500. The largest absolute Gasteiger partial charge is 0.486 e.